The van der Waals surface area contributed by atoms with Gasteiger partial charge in [-0.25, -0.2) is 0 Å². The van der Waals surface area contributed by atoms with E-state index in [1.54, 1.807) is 11.3 Å². The fourth-order valence-corrected chi connectivity index (χ4v) is 2.97. The molecule has 2 aromatic rings. The van der Waals surface area contributed by atoms with Crippen LogP contribution in [0.1, 0.15) is 22.7 Å². The number of hydrogen-bond acceptors (Lipinski definition) is 3. The second-order valence-corrected chi connectivity index (χ2v) is 6.19. The van der Waals surface area contributed by atoms with Crippen molar-refractivity contribution in [1.82, 2.24) is 15.1 Å². The topological polar surface area (TPSA) is 29.9 Å². The van der Waals surface area contributed by atoms with E-state index in [2.05, 4.69) is 34.2 Å². The molecule has 2 aromatic heterocycles. The number of rotatable bonds is 6. The molecule has 0 saturated heterocycles. The Balaban J connectivity index is 1.66. The Kier molecular flexibility index (Phi) is 4.80. The van der Waals surface area contributed by atoms with E-state index in [1.165, 1.54) is 10.6 Å². The number of aryl methyl sites for hydroxylation is 3. The Hall–Kier alpha value is -0.840. The average molecular weight is 284 g/mol. The first kappa shape index (κ1) is 13.6. The molecule has 3 nitrogen and oxygen atoms in total. The van der Waals surface area contributed by atoms with E-state index in [9.17, 15) is 0 Å². The van der Waals surface area contributed by atoms with Gasteiger partial charge in [0.05, 0.1) is 10.0 Å². The molecule has 1 N–H and O–H groups in total. The average Bonchev–Trinajstić information content (AvgIpc) is 2.85. The van der Waals surface area contributed by atoms with Crippen LogP contribution in [0.3, 0.4) is 0 Å². The summed E-state index contributed by atoms with van der Waals surface area (Å²) in [6.07, 6.45) is 1.08. The third kappa shape index (κ3) is 3.83. The third-order valence-corrected chi connectivity index (χ3v) is 3.99. The van der Waals surface area contributed by atoms with Crippen molar-refractivity contribution in [3.8, 4) is 0 Å². The summed E-state index contributed by atoms with van der Waals surface area (Å²) >= 11 is 7.51. The summed E-state index contributed by atoms with van der Waals surface area (Å²) in [6, 6.07) is 6.13. The molecule has 18 heavy (non-hydrogen) atoms. The maximum absolute atomic E-state index is 5.88. The second kappa shape index (κ2) is 6.36. The molecule has 0 unspecified atom stereocenters. The molecule has 0 bridgehead atoms. The minimum absolute atomic E-state index is 0.856. The molecular weight excluding hydrogens is 266 g/mol. The van der Waals surface area contributed by atoms with E-state index in [1.807, 2.05) is 13.0 Å². The van der Waals surface area contributed by atoms with Crippen molar-refractivity contribution in [3.63, 3.8) is 0 Å². The highest BCUT2D eigenvalue weighted by Gasteiger charge is 2.00. The van der Waals surface area contributed by atoms with Crippen LogP contribution in [0.2, 0.25) is 4.34 Å². The Morgan fingerprint density at radius 2 is 2.22 bits per heavy atom. The van der Waals surface area contributed by atoms with E-state index in [4.69, 9.17) is 11.6 Å². The molecule has 0 fully saturated rings. The van der Waals surface area contributed by atoms with Gasteiger partial charge in [-0.2, -0.15) is 5.10 Å². The zero-order valence-electron chi connectivity index (χ0n) is 10.7. The van der Waals surface area contributed by atoms with E-state index in [0.29, 0.717) is 0 Å². The van der Waals surface area contributed by atoms with E-state index >= 15 is 0 Å². The highest BCUT2D eigenvalue weighted by atomic mass is 35.5. The number of halogens is 1. The van der Waals surface area contributed by atoms with Crippen LogP contribution >= 0.6 is 22.9 Å². The Morgan fingerprint density at radius 3 is 2.83 bits per heavy atom. The first-order valence-electron chi connectivity index (χ1n) is 6.11. The lowest BCUT2D eigenvalue weighted by Crippen LogP contribution is -2.16. The van der Waals surface area contributed by atoms with Crippen molar-refractivity contribution in [3.05, 3.63) is 38.8 Å². The first-order valence-corrected chi connectivity index (χ1v) is 7.30. The summed E-state index contributed by atoms with van der Waals surface area (Å²) in [7, 11) is 0. The van der Waals surface area contributed by atoms with Crippen LogP contribution in [0.25, 0.3) is 0 Å². The van der Waals surface area contributed by atoms with Gasteiger partial charge in [-0.15, -0.1) is 11.3 Å². The maximum atomic E-state index is 5.88. The summed E-state index contributed by atoms with van der Waals surface area (Å²) in [6.45, 7) is 6.99. The predicted octanol–water partition coefficient (Wildman–Crippen LogP) is 3.39. The van der Waals surface area contributed by atoms with Crippen LogP contribution in [-0.4, -0.2) is 16.3 Å². The van der Waals surface area contributed by atoms with E-state index in [-0.39, 0.29) is 0 Å². The second-order valence-electron chi connectivity index (χ2n) is 4.39. The van der Waals surface area contributed by atoms with Gasteiger partial charge in [0.1, 0.15) is 0 Å². The summed E-state index contributed by atoms with van der Waals surface area (Å²) < 4.78 is 2.92. The molecule has 0 aliphatic carbocycles. The molecule has 0 aromatic carbocycles. The van der Waals surface area contributed by atoms with E-state index < -0.39 is 0 Å². The number of hydrogen-bond donors (Lipinski definition) is 1. The maximum Gasteiger partial charge on any atom is 0.0931 e. The van der Waals surface area contributed by atoms with Crippen molar-refractivity contribution >= 4 is 22.9 Å². The largest absolute Gasteiger partial charge is 0.312 e. The third-order valence-electron chi connectivity index (χ3n) is 2.75. The summed E-state index contributed by atoms with van der Waals surface area (Å²) in [4.78, 5) is 1.28. The quantitative estimate of drug-likeness (QED) is 0.824. The molecule has 0 amide bonds. The van der Waals surface area contributed by atoms with Gasteiger partial charge in [-0.05, 0) is 45.0 Å². The first-order chi connectivity index (χ1) is 8.65. The highest BCUT2D eigenvalue weighted by Crippen LogP contribution is 2.20. The molecule has 0 atom stereocenters. The fourth-order valence-electron chi connectivity index (χ4n) is 1.91. The molecular formula is C13H18ClN3S. The van der Waals surface area contributed by atoms with Gasteiger partial charge in [0.25, 0.3) is 0 Å². The monoisotopic (exact) mass is 283 g/mol. The van der Waals surface area contributed by atoms with Crippen molar-refractivity contribution < 1.29 is 0 Å². The lowest BCUT2D eigenvalue weighted by atomic mass is 10.3. The summed E-state index contributed by atoms with van der Waals surface area (Å²) in [5, 5.41) is 7.87. The van der Waals surface area contributed by atoms with E-state index in [0.717, 1.165) is 36.1 Å². The lowest BCUT2D eigenvalue weighted by Gasteiger charge is -2.05. The highest BCUT2D eigenvalue weighted by molar-refractivity contribution is 7.16. The normalized spacial score (nSPS) is 11.1. The van der Waals surface area contributed by atoms with Crippen molar-refractivity contribution in [1.29, 1.82) is 0 Å². The molecule has 0 aliphatic rings. The van der Waals surface area contributed by atoms with Crippen LogP contribution in [0.4, 0.5) is 0 Å². The smallest absolute Gasteiger partial charge is 0.0931 e. The zero-order chi connectivity index (χ0) is 13.0. The molecule has 0 aliphatic heterocycles. The Labute approximate surface area is 117 Å². The lowest BCUT2D eigenvalue weighted by molar-refractivity contribution is 0.533. The zero-order valence-corrected chi connectivity index (χ0v) is 12.3. The minimum Gasteiger partial charge on any atom is -0.312 e. The van der Waals surface area contributed by atoms with Gasteiger partial charge in [0.15, 0.2) is 0 Å². The van der Waals surface area contributed by atoms with Crippen LogP contribution in [0.5, 0.6) is 0 Å². The molecule has 2 heterocycles. The minimum atomic E-state index is 0.856. The molecule has 0 saturated carbocycles. The summed E-state index contributed by atoms with van der Waals surface area (Å²) in [5.41, 5.74) is 2.33. The van der Waals surface area contributed by atoms with Crippen LogP contribution in [0.15, 0.2) is 18.2 Å². The molecule has 5 heteroatoms. The van der Waals surface area contributed by atoms with Gasteiger partial charge in [0.2, 0.25) is 0 Å². The van der Waals surface area contributed by atoms with Gasteiger partial charge < -0.3 is 5.32 Å². The van der Waals surface area contributed by atoms with Gasteiger partial charge in [0, 0.05) is 23.7 Å². The van der Waals surface area contributed by atoms with Gasteiger partial charge >= 0.3 is 0 Å². The summed E-state index contributed by atoms with van der Waals surface area (Å²) in [5.74, 6) is 0. The van der Waals surface area contributed by atoms with Crippen LogP contribution in [-0.2, 0) is 13.1 Å². The fraction of sp³-hybridized carbons (Fsp3) is 0.462. The van der Waals surface area contributed by atoms with Crippen LogP contribution < -0.4 is 5.32 Å². The number of thiophene rings is 1. The Bertz CT molecular complexity index is 504. The molecule has 0 radical (unpaired) electrons. The van der Waals surface area contributed by atoms with Crippen molar-refractivity contribution in [2.75, 3.05) is 6.54 Å². The van der Waals surface area contributed by atoms with Crippen molar-refractivity contribution in [2.24, 2.45) is 0 Å². The van der Waals surface area contributed by atoms with Gasteiger partial charge in [-0.3, -0.25) is 4.68 Å². The number of aromatic nitrogens is 2. The Morgan fingerprint density at radius 1 is 1.39 bits per heavy atom. The SMILES string of the molecule is Cc1cc(C)n(CCCNCc2ccc(Cl)s2)n1. The molecule has 98 valence electrons. The standard InChI is InChI=1S/C13H18ClN3S/c1-10-8-11(2)17(16-10)7-3-6-15-9-12-4-5-13(14)18-12/h4-5,8,15H,3,6-7,9H2,1-2H3. The molecule has 0 spiro atoms. The molecule has 2 rings (SSSR count). The van der Waals surface area contributed by atoms with Crippen LogP contribution in [0, 0.1) is 13.8 Å². The van der Waals surface area contributed by atoms with Crippen molar-refractivity contribution in [2.45, 2.75) is 33.4 Å². The number of nitrogens with zero attached hydrogens (tertiary/aromatic N) is 2. The predicted molar refractivity (Wildman–Crippen MR) is 77.4 cm³/mol. The number of nitrogens with one attached hydrogen (secondary N) is 1. The van der Waals surface area contributed by atoms with Gasteiger partial charge in [-0.1, -0.05) is 11.6 Å².